The Bertz CT molecular complexity index is 948. The van der Waals surface area contributed by atoms with Crippen LogP contribution in [0.15, 0.2) is 65.6 Å². The van der Waals surface area contributed by atoms with Crippen LogP contribution in [0.1, 0.15) is 16.5 Å². The third kappa shape index (κ3) is 4.17. The van der Waals surface area contributed by atoms with Gasteiger partial charge in [0.1, 0.15) is 5.01 Å². The van der Waals surface area contributed by atoms with E-state index in [9.17, 15) is 8.42 Å². The summed E-state index contributed by atoms with van der Waals surface area (Å²) in [4.78, 5) is 0.348. The Hall–Kier alpha value is -1.83. The Labute approximate surface area is 150 Å². The van der Waals surface area contributed by atoms with E-state index < -0.39 is 9.84 Å². The standard InChI is InChI=1S/C17H16N2O2S3/c20-24(21,15-9-5-2-6-10-15)12-14(13-7-3-1-4-8-13)11-16-18-19-17(22)23-16/h1-10,14H,11-12H2,(H,19,22). The van der Waals surface area contributed by atoms with Gasteiger partial charge in [-0.2, -0.15) is 5.10 Å². The second kappa shape index (κ2) is 7.38. The summed E-state index contributed by atoms with van der Waals surface area (Å²) in [6.07, 6.45) is 0.536. The highest BCUT2D eigenvalue weighted by Gasteiger charge is 2.23. The molecule has 3 aromatic rings. The molecule has 0 saturated carbocycles. The lowest BCUT2D eigenvalue weighted by Gasteiger charge is -2.16. The maximum atomic E-state index is 12.8. The number of nitrogens with zero attached hydrogens (tertiary/aromatic N) is 1. The van der Waals surface area contributed by atoms with Crippen molar-refractivity contribution < 1.29 is 8.42 Å². The van der Waals surface area contributed by atoms with Crippen molar-refractivity contribution in [3.05, 3.63) is 75.2 Å². The van der Waals surface area contributed by atoms with Gasteiger partial charge in [-0.05, 0) is 29.9 Å². The number of rotatable bonds is 6. The SMILES string of the molecule is O=S(=O)(CC(Cc1n[nH]c(=S)s1)c1ccccc1)c1ccccc1. The first kappa shape index (κ1) is 17.0. The van der Waals surface area contributed by atoms with Crippen LogP contribution in [0.3, 0.4) is 0 Å². The molecule has 1 N–H and O–H groups in total. The highest BCUT2D eigenvalue weighted by molar-refractivity contribution is 7.91. The van der Waals surface area contributed by atoms with Crippen molar-refractivity contribution in [3.63, 3.8) is 0 Å². The van der Waals surface area contributed by atoms with Crippen LogP contribution in [0.5, 0.6) is 0 Å². The lowest BCUT2D eigenvalue weighted by molar-refractivity contribution is 0.586. The molecule has 1 unspecified atom stereocenters. The van der Waals surface area contributed by atoms with Crippen molar-refractivity contribution in [2.75, 3.05) is 5.75 Å². The molecule has 0 aliphatic heterocycles. The minimum absolute atomic E-state index is 0.0351. The maximum absolute atomic E-state index is 12.8. The molecule has 0 amide bonds. The average Bonchev–Trinajstić information content (AvgIpc) is 3.01. The summed E-state index contributed by atoms with van der Waals surface area (Å²) in [6, 6.07) is 18.2. The number of H-pyrrole nitrogens is 1. The molecule has 1 aromatic heterocycles. The van der Waals surface area contributed by atoms with E-state index in [1.54, 1.807) is 24.3 Å². The average molecular weight is 377 g/mol. The number of hydrogen-bond donors (Lipinski definition) is 1. The Morgan fingerprint density at radius 1 is 1.04 bits per heavy atom. The largest absolute Gasteiger partial charge is 0.258 e. The molecule has 0 aliphatic rings. The Morgan fingerprint density at radius 3 is 2.25 bits per heavy atom. The number of hydrogen-bond acceptors (Lipinski definition) is 5. The van der Waals surface area contributed by atoms with Crippen LogP contribution in [0.2, 0.25) is 0 Å². The molecule has 1 heterocycles. The zero-order valence-corrected chi connectivity index (χ0v) is 15.2. The Balaban J connectivity index is 1.91. The lowest BCUT2D eigenvalue weighted by atomic mass is 9.98. The number of benzene rings is 2. The number of aromatic nitrogens is 2. The van der Waals surface area contributed by atoms with E-state index in [1.807, 2.05) is 36.4 Å². The van der Waals surface area contributed by atoms with Gasteiger partial charge in [0.2, 0.25) is 0 Å². The van der Waals surface area contributed by atoms with Gasteiger partial charge in [-0.3, -0.25) is 5.10 Å². The first-order chi connectivity index (χ1) is 11.5. The van der Waals surface area contributed by atoms with Gasteiger partial charge in [0.05, 0.1) is 10.6 Å². The summed E-state index contributed by atoms with van der Waals surface area (Å²) in [6.45, 7) is 0. The number of sulfone groups is 1. The molecular weight excluding hydrogens is 360 g/mol. The quantitative estimate of drug-likeness (QED) is 0.661. The molecule has 1 atom stereocenters. The Kier molecular flexibility index (Phi) is 5.23. The van der Waals surface area contributed by atoms with Gasteiger partial charge in [0, 0.05) is 12.3 Å². The first-order valence-electron chi connectivity index (χ1n) is 7.42. The van der Waals surface area contributed by atoms with Crippen molar-refractivity contribution >= 4 is 33.4 Å². The fourth-order valence-corrected chi connectivity index (χ4v) is 5.17. The molecule has 0 bridgehead atoms. The van der Waals surface area contributed by atoms with Crippen LogP contribution >= 0.6 is 23.6 Å². The monoisotopic (exact) mass is 376 g/mol. The van der Waals surface area contributed by atoms with Gasteiger partial charge in [-0.25, -0.2) is 8.42 Å². The summed E-state index contributed by atoms with van der Waals surface area (Å²) in [5.74, 6) is -0.141. The third-order valence-electron chi connectivity index (χ3n) is 3.70. The fourth-order valence-electron chi connectivity index (χ4n) is 2.55. The van der Waals surface area contributed by atoms with Gasteiger partial charge in [0.25, 0.3) is 0 Å². The summed E-state index contributed by atoms with van der Waals surface area (Å²) in [5, 5.41) is 7.75. The van der Waals surface area contributed by atoms with E-state index in [4.69, 9.17) is 12.2 Å². The number of nitrogens with one attached hydrogen (secondary N) is 1. The van der Waals surface area contributed by atoms with Gasteiger partial charge in [0.15, 0.2) is 13.8 Å². The van der Waals surface area contributed by atoms with E-state index in [0.29, 0.717) is 15.3 Å². The van der Waals surface area contributed by atoms with Gasteiger partial charge < -0.3 is 0 Å². The van der Waals surface area contributed by atoms with Crippen LogP contribution in [-0.4, -0.2) is 24.4 Å². The molecule has 124 valence electrons. The van der Waals surface area contributed by atoms with Gasteiger partial charge >= 0.3 is 0 Å². The predicted molar refractivity (Wildman–Crippen MR) is 98.7 cm³/mol. The summed E-state index contributed by atoms with van der Waals surface area (Å²) in [5.41, 5.74) is 0.984. The predicted octanol–water partition coefficient (Wildman–Crippen LogP) is 4.00. The lowest BCUT2D eigenvalue weighted by Crippen LogP contribution is -2.17. The number of aromatic amines is 1. The highest BCUT2D eigenvalue weighted by Crippen LogP contribution is 2.26. The molecule has 4 nitrogen and oxygen atoms in total. The molecule has 0 saturated heterocycles. The molecule has 7 heteroatoms. The van der Waals surface area contributed by atoms with Crippen LogP contribution in [0, 0.1) is 3.95 Å². The van der Waals surface area contributed by atoms with Crippen molar-refractivity contribution in [2.45, 2.75) is 17.2 Å². The fraction of sp³-hybridized carbons (Fsp3) is 0.176. The minimum atomic E-state index is -3.38. The van der Waals surface area contributed by atoms with Crippen molar-refractivity contribution in [3.8, 4) is 0 Å². The Morgan fingerprint density at radius 2 is 1.67 bits per heavy atom. The summed E-state index contributed by atoms with van der Waals surface area (Å²) < 4.78 is 26.1. The molecule has 0 radical (unpaired) electrons. The van der Waals surface area contributed by atoms with E-state index in [1.165, 1.54) is 11.3 Å². The van der Waals surface area contributed by atoms with E-state index >= 15 is 0 Å². The second-order valence-electron chi connectivity index (χ2n) is 5.41. The van der Waals surface area contributed by atoms with E-state index in [2.05, 4.69) is 10.2 Å². The molecular formula is C17H16N2O2S3. The maximum Gasteiger partial charge on any atom is 0.178 e. The smallest absolute Gasteiger partial charge is 0.178 e. The van der Waals surface area contributed by atoms with Crippen LogP contribution in [0.4, 0.5) is 0 Å². The molecule has 24 heavy (non-hydrogen) atoms. The van der Waals surface area contributed by atoms with Crippen LogP contribution in [-0.2, 0) is 16.3 Å². The highest BCUT2D eigenvalue weighted by atomic mass is 32.2. The molecule has 0 fully saturated rings. The van der Waals surface area contributed by atoms with Crippen molar-refractivity contribution in [2.24, 2.45) is 0 Å². The summed E-state index contributed by atoms with van der Waals surface area (Å²) >= 11 is 6.46. The van der Waals surface area contributed by atoms with Crippen LogP contribution in [0.25, 0.3) is 0 Å². The van der Waals surface area contributed by atoms with E-state index in [0.717, 1.165) is 10.6 Å². The van der Waals surface area contributed by atoms with Crippen molar-refractivity contribution in [1.29, 1.82) is 0 Å². The normalized spacial score (nSPS) is 12.8. The zero-order chi connectivity index (χ0) is 17.0. The van der Waals surface area contributed by atoms with Crippen LogP contribution < -0.4 is 0 Å². The zero-order valence-electron chi connectivity index (χ0n) is 12.8. The van der Waals surface area contributed by atoms with Gasteiger partial charge in [-0.15, -0.1) is 0 Å². The second-order valence-corrected chi connectivity index (χ2v) is 9.20. The topological polar surface area (TPSA) is 62.8 Å². The minimum Gasteiger partial charge on any atom is -0.258 e. The van der Waals surface area contributed by atoms with Gasteiger partial charge in [-0.1, -0.05) is 59.9 Å². The third-order valence-corrected chi connectivity index (χ3v) is 6.64. The molecule has 0 aliphatic carbocycles. The van der Waals surface area contributed by atoms with Crippen molar-refractivity contribution in [1.82, 2.24) is 10.2 Å². The van der Waals surface area contributed by atoms with E-state index in [-0.39, 0.29) is 11.7 Å². The summed E-state index contributed by atoms with van der Waals surface area (Å²) in [7, 11) is -3.38. The molecule has 0 spiro atoms. The molecule has 3 rings (SSSR count). The molecule has 2 aromatic carbocycles. The first-order valence-corrected chi connectivity index (χ1v) is 10.3.